The maximum absolute atomic E-state index is 13.2. The van der Waals surface area contributed by atoms with Gasteiger partial charge in [0.2, 0.25) is 11.8 Å². The maximum atomic E-state index is 13.2. The van der Waals surface area contributed by atoms with Gasteiger partial charge in [0.15, 0.2) is 0 Å². The van der Waals surface area contributed by atoms with E-state index in [0.717, 1.165) is 16.7 Å². The zero-order chi connectivity index (χ0) is 19.3. The van der Waals surface area contributed by atoms with Gasteiger partial charge in [0.25, 0.3) is 5.22 Å². The number of nitrogens with zero attached hydrogens (tertiary/aromatic N) is 3. The summed E-state index contributed by atoms with van der Waals surface area (Å²) in [6.45, 7) is 4.36. The van der Waals surface area contributed by atoms with Crippen molar-refractivity contribution in [1.82, 2.24) is 15.1 Å². The molecule has 1 aliphatic rings. The number of morpholine rings is 1. The standard InChI is InChI=1S/C21H21N3O3S/c1-15-7-9-17(10-8-15)19-22-23-21(27-19)28-18(16-5-3-2-4-6-16)20(25)24-11-13-26-14-12-24/h2-10,18H,11-14H2,1H3/t18-/m0/s1. The van der Waals surface area contributed by atoms with Crippen LogP contribution >= 0.6 is 11.8 Å². The first-order valence-electron chi connectivity index (χ1n) is 9.19. The highest BCUT2D eigenvalue weighted by atomic mass is 32.2. The molecule has 0 radical (unpaired) electrons. The van der Waals surface area contributed by atoms with Crippen LogP contribution in [0.2, 0.25) is 0 Å². The third kappa shape index (κ3) is 4.26. The van der Waals surface area contributed by atoms with Gasteiger partial charge >= 0.3 is 0 Å². The minimum Gasteiger partial charge on any atom is -0.411 e. The predicted molar refractivity (Wildman–Crippen MR) is 107 cm³/mol. The molecular weight excluding hydrogens is 374 g/mol. The Labute approximate surface area is 167 Å². The smallest absolute Gasteiger partial charge is 0.277 e. The molecule has 6 nitrogen and oxygen atoms in total. The molecule has 28 heavy (non-hydrogen) atoms. The first kappa shape index (κ1) is 18.7. The lowest BCUT2D eigenvalue weighted by atomic mass is 10.1. The summed E-state index contributed by atoms with van der Waals surface area (Å²) in [6.07, 6.45) is 0. The van der Waals surface area contributed by atoms with Crippen LogP contribution in [0.1, 0.15) is 16.4 Å². The minimum absolute atomic E-state index is 0.0367. The van der Waals surface area contributed by atoms with Crippen LogP contribution in [0.5, 0.6) is 0 Å². The summed E-state index contributed by atoms with van der Waals surface area (Å²) < 4.78 is 11.2. The average molecular weight is 395 g/mol. The average Bonchev–Trinajstić information content (AvgIpc) is 3.22. The Morgan fingerprint density at radius 3 is 2.46 bits per heavy atom. The Balaban J connectivity index is 1.57. The van der Waals surface area contributed by atoms with Crippen molar-refractivity contribution in [3.05, 3.63) is 65.7 Å². The van der Waals surface area contributed by atoms with E-state index < -0.39 is 5.25 Å². The van der Waals surface area contributed by atoms with Crippen LogP contribution in [0.3, 0.4) is 0 Å². The Hall–Kier alpha value is -2.64. The Kier molecular flexibility index (Phi) is 5.73. The number of amides is 1. The number of rotatable bonds is 5. The van der Waals surface area contributed by atoms with Crippen molar-refractivity contribution in [2.75, 3.05) is 26.3 Å². The van der Waals surface area contributed by atoms with Crippen LogP contribution in [-0.4, -0.2) is 47.3 Å². The summed E-state index contributed by atoms with van der Waals surface area (Å²) in [4.78, 5) is 15.0. The Bertz CT molecular complexity index is 922. The molecule has 1 fully saturated rings. The van der Waals surface area contributed by atoms with E-state index in [1.807, 2.05) is 66.4 Å². The lowest BCUT2D eigenvalue weighted by Crippen LogP contribution is -2.42. The van der Waals surface area contributed by atoms with Gasteiger partial charge in [-0.3, -0.25) is 4.79 Å². The van der Waals surface area contributed by atoms with Crippen molar-refractivity contribution >= 4 is 17.7 Å². The van der Waals surface area contributed by atoms with Gasteiger partial charge in [0, 0.05) is 18.7 Å². The van der Waals surface area contributed by atoms with Crippen LogP contribution in [0.4, 0.5) is 0 Å². The van der Waals surface area contributed by atoms with E-state index in [4.69, 9.17) is 9.15 Å². The summed E-state index contributed by atoms with van der Waals surface area (Å²) in [5, 5.41) is 8.25. The van der Waals surface area contributed by atoms with Crippen molar-refractivity contribution in [2.24, 2.45) is 0 Å². The van der Waals surface area contributed by atoms with Gasteiger partial charge in [-0.1, -0.05) is 48.0 Å². The highest BCUT2D eigenvalue weighted by molar-refractivity contribution is 8.00. The van der Waals surface area contributed by atoms with E-state index in [1.54, 1.807) is 0 Å². The monoisotopic (exact) mass is 395 g/mol. The van der Waals surface area contributed by atoms with E-state index in [0.29, 0.717) is 37.4 Å². The Morgan fingerprint density at radius 2 is 1.75 bits per heavy atom. The summed E-state index contributed by atoms with van der Waals surface area (Å²) in [5.41, 5.74) is 2.94. The van der Waals surface area contributed by atoms with Crippen LogP contribution < -0.4 is 0 Å². The zero-order valence-corrected chi connectivity index (χ0v) is 16.4. The lowest BCUT2D eigenvalue weighted by Gasteiger charge is -2.29. The van der Waals surface area contributed by atoms with Gasteiger partial charge in [-0.25, -0.2) is 0 Å². The maximum Gasteiger partial charge on any atom is 0.277 e. The third-order valence-electron chi connectivity index (χ3n) is 4.57. The Morgan fingerprint density at radius 1 is 1.04 bits per heavy atom. The molecule has 3 aromatic rings. The van der Waals surface area contributed by atoms with Crippen molar-refractivity contribution in [3.63, 3.8) is 0 Å². The van der Waals surface area contributed by atoms with E-state index in [2.05, 4.69) is 10.2 Å². The fraction of sp³-hybridized carbons (Fsp3) is 0.286. The molecule has 1 saturated heterocycles. The van der Waals surface area contributed by atoms with Gasteiger partial charge in [0.1, 0.15) is 5.25 Å². The molecule has 4 rings (SSSR count). The van der Waals surface area contributed by atoms with Gasteiger partial charge in [-0.15, -0.1) is 10.2 Å². The molecule has 1 aromatic heterocycles. The number of carbonyl (C=O) groups excluding carboxylic acids is 1. The molecule has 144 valence electrons. The van der Waals surface area contributed by atoms with E-state index in [9.17, 15) is 4.79 Å². The SMILES string of the molecule is Cc1ccc(-c2nnc(S[C@H](C(=O)N3CCOCC3)c3ccccc3)o2)cc1. The topological polar surface area (TPSA) is 68.5 Å². The number of benzene rings is 2. The van der Waals surface area contributed by atoms with Gasteiger partial charge in [-0.2, -0.15) is 0 Å². The number of thioether (sulfide) groups is 1. The van der Waals surface area contributed by atoms with E-state index >= 15 is 0 Å². The molecule has 2 aromatic carbocycles. The normalized spacial score (nSPS) is 15.4. The summed E-state index contributed by atoms with van der Waals surface area (Å²) in [7, 11) is 0. The summed E-state index contributed by atoms with van der Waals surface area (Å²) >= 11 is 1.29. The molecule has 0 spiro atoms. The molecular formula is C21H21N3O3S. The van der Waals surface area contributed by atoms with Crippen molar-refractivity contribution in [3.8, 4) is 11.5 Å². The number of aromatic nitrogens is 2. The molecule has 0 unspecified atom stereocenters. The number of hydrogen-bond donors (Lipinski definition) is 0. The van der Waals surface area contributed by atoms with Crippen molar-refractivity contribution < 1.29 is 13.9 Å². The molecule has 1 atom stereocenters. The van der Waals surface area contributed by atoms with Gasteiger partial charge < -0.3 is 14.1 Å². The van der Waals surface area contributed by atoms with E-state index in [-0.39, 0.29) is 5.91 Å². The lowest BCUT2D eigenvalue weighted by molar-refractivity contribution is -0.134. The fourth-order valence-corrected chi connectivity index (χ4v) is 3.97. The van der Waals surface area contributed by atoms with Gasteiger partial charge in [0.05, 0.1) is 13.2 Å². The second-order valence-electron chi connectivity index (χ2n) is 6.59. The van der Waals surface area contributed by atoms with Crippen LogP contribution in [0.25, 0.3) is 11.5 Å². The second-order valence-corrected chi connectivity index (χ2v) is 7.64. The first-order chi connectivity index (χ1) is 13.7. The van der Waals surface area contributed by atoms with Gasteiger partial charge in [-0.05, 0) is 36.4 Å². The third-order valence-corrected chi connectivity index (χ3v) is 5.65. The van der Waals surface area contributed by atoms with E-state index in [1.165, 1.54) is 11.8 Å². The van der Waals surface area contributed by atoms with Crippen LogP contribution in [0, 0.1) is 6.92 Å². The largest absolute Gasteiger partial charge is 0.411 e. The van der Waals surface area contributed by atoms with Crippen LogP contribution in [-0.2, 0) is 9.53 Å². The summed E-state index contributed by atoms with van der Waals surface area (Å²) in [6, 6.07) is 17.6. The summed E-state index contributed by atoms with van der Waals surface area (Å²) in [5.74, 6) is 0.489. The fourth-order valence-electron chi connectivity index (χ4n) is 3.01. The molecule has 0 N–H and O–H groups in total. The molecule has 0 saturated carbocycles. The van der Waals surface area contributed by atoms with Crippen LogP contribution in [0.15, 0.2) is 64.2 Å². The highest BCUT2D eigenvalue weighted by Gasteiger charge is 2.30. The molecule has 0 aliphatic carbocycles. The quantitative estimate of drug-likeness (QED) is 0.613. The minimum atomic E-state index is -0.439. The van der Waals surface area contributed by atoms with Crippen molar-refractivity contribution in [2.45, 2.75) is 17.4 Å². The number of ether oxygens (including phenoxy) is 1. The molecule has 1 amide bonds. The molecule has 0 bridgehead atoms. The molecule has 1 aliphatic heterocycles. The zero-order valence-electron chi connectivity index (χ0n) is 15.6. The highest BCUT2D eigenvalue weighted by Crippen LogP contribution is 2.37. The predicted octanol–water partition coefficient (Wildman–Crippen LogP) is 3.74. The van der Waals surface area contributed by atoms with Crippen molar-refractivity contribution in [1.29, 1.82) is 0 Å². The second kappa shape index (κ2) is 8.58. The number of hydrogen-bond acceptors (Lipinski definition) is 6. The first-order valence-corrected chi connectivity index (χ1v) is 10.1. The number of carbonyl (C=O) groups is 1. The molecule has 2 heterocycles. The molecule has 7 heteroatoms. The number of aryl methyl sites for hydroxylation is 1.